The largest absolute Gasteiger partial charge is 0.367 e. The van der Waals surface area contributed by atoms with E-state index in [1.54, 1.807) is 0 Å². The van der Waals surface area contributed by atoms with E-state index in [0.717, 1.165) is 18.5 Å². The molecule has 1 aliphatic heterocycles. The van der Waals surface area contributed by atoms with E-state index in [4.69, 9.17) is 0 Å². The molecule has 2 aliphatic rings. The van der Waals surface area contributed by atoms with Crippen LogP contribution in [0.15, 0.2) is 18.5 Å². The Hall–Kier alpha value is -1.09. The highest BCUT2D eigenvalue weighted by Crippen LogP contribution is 2.38. The molecule has 0 amide bonds. The minimum atomic E-state index is 0.523. The highest BCUT2D eigenvalue weighted by atomic mass is 15.2. The number of anilines is 1. The van der Waals surface area contributed by atoms with Gasteiger partial charge in [0, 0.05) is 31.4 Å². The zero-order valence-electron chi connectivity index (χ0n) is 13.5. The molecule has 1 saturated heterocycles. The van der Waals surface area contributed by atoms with Gasteiger partial charge in [-0.25, -0.2) is 0 Å². The average Bonchev–Trinajstić information content (AvgIpc) is 2.53. The van der Waals surface area contributed by atoms with Crippen LogP contribution in [0.25, 0.3) is 0 Å². The number of nitrogens with one attached hydrogen (secondary N) is 1. The molecule has 2 heterocycles. The molecule has 2 fully saturated rings. The summed E-state index contributed by atoms with van der Waals surface area (Å²) < 4.78 is 0. The predicted molar refractivity (Wildman–Crippen MR) is 88.5 cm³/mol. The maximum absolute atomic E-state index is 4.42. The van der Waals surface area contributed by atoms with Crippen molar-refractivity contribution in [3.63, 3.8) is 0 Å². The molecule has 1 aromatic rings. The number of piperidine rings is 1. The Balaban J connectivity index is 1.81. The van der Waals surface area contributed by atoms with Crippen LogP contribution in [0.4, 0.5) is 5.69 Å². The normalized spacial score (nSPS) is 26.0. The highest BCUT2D eigenvalue weighted by molar-refractivity contribution is 5.53. The fraction of sp³-hybridized carbons (Fsp3) is 0.722. The van der Waals surface area contributed by atoms with Crippen LogP contribution in [0.1, 0.15) is 57.9 Å². The first kappa shape index (κ1) is 14.8. The van der Waals surface area contributed by atoms with Gasteiger partial charge < -0.3 is 10.2 Å². The fourth-order valence-corrected chi connectivity index (χ4v) is 4.06. The second kappa shape index (κ2) is 6.78. The molecule has 3 heteroatoms. The number of nitrogens with zero attached hydrogens (tertiary/aromatic N) is 2. The van der Waals surface area contributed by atoms with Gasteiger partial charge >= 0.3 is 0 Å². The third-order valence-corrected chi connectivity index (χ3v) is 5.14. The lowest BCUT2D eigenvalue weighted by Gasteiger charge is -2.46. The molecule has 0 bridgehead atoms. The highest BCUT2D eigenvalue weighted by Gasteiger charge is 2.34. The Morgan fingerprint density at radius 2 is 2.05 bits per heavy atom. The molecule has 3 nitrogen and oxygen atoms in total. The summed E-state index contributed by atoms with van der Waals surface area (Å²) in [7, 11) is 0. The van der Waals surface area contributed by atoms with E-state index < -0.39 is 0 Å². The number of aromatic nitrogens is 1. The van der Waals surface area contributed by atoms with Crippen molar-refractivity contribution in [3.05, 3.63) is 24.0 Å². The molecule has 1 N–H and O–H groups in total. The van der Waals surface area contributed by atoms with Gasteiger partial charge in [-0.15, -0.1) is 0 Å². The zero-order chi connectivity index (χ0) is 14.7. The Labute approximate surface area is 129 Å². The molecule has 0 unspecified atom stereocenters. The van der Waals surface area contributed by atoms with Gasteiger partial charge in [-0.2, -0.15) is 0 Å². The zero-order valence-corrected chi connectivity index (χ0v) is 13.5. The van der Waals surface area contributed by atoms with E-state index in [2.05, 4.69) is 41.3 Å². The molecule has 1 saturated carbocycles. The van der Waals surface area contributed by atoms with Crippen molar-refractivity contribution in [1.29, 1.82) is 0 Å². The van der Waals surface area contributed by atoms with Crippen LogP contribution in [-0.4, -0.2) is 23.6 Å². The van der Waals surface area contributed by atoms with E-state index in [-0.39, 0.29) is 0 Å². The molecule has 1 aliphatic carbocycles. The summed E-state index contributed by atoms with van der Waals surface area (Å²) in [6.07, 6.45) is 12.4. The Kier molecular flexibility index (Phi) is 4.79. The first-order valence-electron chi connectivity index (χ1n) is 8.68. The number of hydrogen-bond donors (Lipinski definition) is 1. The van der Waals surface area contributed by atoms with Gasteiger partial charge in [0.1, 0.15) is 0 Å². The van der Waals surface area contributed by atoms with Crippen molar-refractivity contribution in [2.24, 2.45) is 5.92 Å². The molecule has 2 atom stereocenters. The predicted octanol–water partition coefficient (Wildman–Crippen LogP) is 3.74. The second-order valence-corrected chi connectivity index (χ2v) is 6.99. The number of fused-ring (bicyclic) bond motifs is 1. The van der Waals surface area contributed by atoms with E-state index >= 15 is 0 Å². The van der Waals surface area contributed by atoms with Crippen LogP contribution >= 0.6 is 0 Å². The molecule has 0 spiro atoms. The smallest absolute Gasteiger partial charge is 0.0600 e. The fourth-order valence-electron chi connectivity index (χ4n) is 4.06. The topological polar surface area (TPSA) is 28.2 Å². The van der Waals surface area contributed by atoms with Crippen LogP contribution in [0, 0.1) is 5.92 Å². The van der Waals surface area contributed by atoms with Gasteiger partial charge in [0.05, 0.1) is 11.9 Å². The minimum Gasteiger partial charge on any atom is -0.367 e. The maximum atomic E-state index is 4.42. The van der Waals surface area contributed by atoms with Crippen molar-refractivity contribution < 1.29 is 0 Å². The molecule has 0 radical (unpaired) electrons. The molecule has 116 valence electrons. The molecular formula is C18H29N3. The van der Waals surface area contributed by atoms with E-state index in [1.165, 1.54) is 56.3 Å². The Morgan fingerprint density at radius 3 is 2.90 bits per heavy atom. The molecule has 3 rings (SSSR count). The first-order chi connectivity index (χ1) is 10.3. The van der Waals surface area contributed by atoms with Gasteiger partial charge in [-0.1, -0.05) is 26.7 Å². The summed E-state index contributed by atoms with van der Waals surface area (Å²) in [4.78, 5) is 7.09. The first-order valence-corrected chi connectivity index (χ1v) is 8.68. The Bertz CT molecular complexity index is 456. The summed E-state index contributed by atoms with van der Waals surface area (Å²) in [5.74, 6) is 0.915. The third-order valence-electron chi connectivity index (χ3n) is 5.14. The summed E-state index contributed by atoms with van der Waals surface area (Å²) in [5, 5.41) is 3.56. The number of pyridine rings is 1. The van der Waals surface area contributed by atoms with E-state index in [1.807, 2.05) is 6.20 Å². The van der Waals surface area contributed by atoms with Gasteiger partial charge in [0.15, 0.2) is 0 Å². The van der Waals surface area contributed by atoms with Gasteiger partial charge in [0.25, 0.3) is 0 Å². The van der Waals surface area contributed by atoms with Crippen LogP contribution < -0.4 is 10.2 Å². The maximum Gasteiger partial charge on any atom is 0.0600 e. The summed E-state index contributed by atoms with van der Waals surface area (Å²) in [6, 6.07) is 3.47. The Morgan fingerprint density at radius 1 is 1.24 bits per heavy atom. The quantitative estimate of drug-likeness (QED) is 0.914. The number of hydrogen-bond acceptors (Lipinski definition) is 3. The van der Waals surface area contributed by atoms with Crippen molar-refractivity contribution in [2.75, 3.05) is 11.4 Å². The minimum absolute atomic E-state index is 0.523. The molecule has 1 aromatic heterocycles. The monoisotopic (exact) mass is 287 g/mol. The van der Waals surface area contributed by atoms with Crippen LogP contribution in [0.2, 0.25) is 0 Å². The van der Waals surface area contributed by atoms with Crippen LogP contribution in [-0.2, 0) is 6.54 Å². The SMILES string of the molecule is CC(C)NCc1ccncc1N1CCC[C@H]2CCCC[C@H]21. The van der Waals surface area contributed by atoms with E-state index in [9.17, 15) is 0 Å². The third kappa shape index (κ3) is 3.39. The van der Waals surface area contributed by atoms with Crippen molar-refractivity contribution in [3.8, 4) is 0 Å². The summed E-state index contributed by atoms with van der Waals surface area (Å²) in [5.41, 5.74) is 2.78. The second-order valence-electron chi connectivity index (χ2n) is 6.99. The van der Waals surface area contributed by atoms with Crippen LogP contribution in [0.3, 0.4) is 0 Å². The van der Waals surface area contributed by atoms with Gasteiger partial charge in [-0.05, 0) is 43.2 Å². The molecule has 21 heavy (non-hydrogen) atoms. The molecular weight excluding hydrogens is 258 g/mol. The van der Waals surface area contributed by atoms with E-state index in [0.29, 0.717) is 6.04 Å². The van der Waals surface area contributed by atoms with Crippen molar-refractivity contribution in [1.82, 2.24) is 10.3 Å². The van der Waals surface area contributed by atoms with Crippen molar-refractivity contribution >= 4 is 5.69 Å². The molecule has 0 aromatic carbocycles. The van der Waals surface area contributed by atoms with Crippen molar-refractivity contribution in [2.45, 2.75) is 71.0 Å². The number of rotatable bonds is 4. The summed E-state index contributed by atoms with van der Waals surface area (Å²) in [6.45, 7) is 6.57. The van der Waals surface area contributed by atoms with Gasteiger partial charge in [-0.3, -0.25) is 4.98 Å². The lowest BCUT2D eigenvalue weighted by atomic mass is 9.78. The van der Waals surface area contributed by atoms with Gasteiger partial charge in [0.2, 0.25) is 0 Å². The lowest BCUT2D eigenvalue weighted by molar-refractivity contribution is 0.243. The lowest BCUT2D eigenvalue weighted by Crippen LogP contribution is -2.47. The van der Waals surface area contributed by atoms with Crippen LogP contribution in [0.5, 0.6) is 0 Å². The summed E-state index contributed by atoms with van der Waals surface area (Å²) >= 11 is 0. The average molecular weight is 287 g/mol. The standard InChI is InChI=1S/C18H29N3/c1-14(2)20-12-16-9-10-19-13-18(16)21-11-5-7-15-6-3-4-8-17(15)21/h9-10,13-15,17,20H,3-8,11-12H2,1-2H3/t15-,17-/m1/s1.